The van der Waals surface area contributed by atoms with Gasteiger partial charge in [0.25, 0.3) is 5.91 Å². The Labute approximate surface area is 187 Å². The van der Waals surface area contributed by atoms with E-state index in [2.05, 4.69) is 10.6 Å². The molecule has 0 aliphatic carbocycles. The minimum absolute atomic E-state index is 0.0954. The Morgan fingerprint density at radius 1 is 0.750 bits per heavy atom. The highest BCUT2D eigenvalue weighted by molar-refractivity contribution is 6.05. The van der Waals surface area contributed by atoms with Gasteiger partial charge in [0.1, 0.15) is 0 Å². The van der Waals surface area contributed by atoms with Crippen molar-refractivity contribution in [2.75, 3.05) is 32.0 Å². The second-order valence-corrected chi connectivity index (χ2v) is 6.98. The minimum atomic E-state index is -0.350. The minimum Gasteiger partial charge on any atom is -0.493 e. The smallest absolute Gasteiger partial charge is 0.255 e. The number of benzene rings is 3. The Kier molecular flexibility index (Phi) is 7.70. The molecule has 3 rings (SSSR count). The van der Waals surface area contributed by atoms with Gasteiger partial charge in [-0.1, -0.05) is 36.4 Å². The van der Waals surface area contributed by atoms with Crippen molar-refractivity contribution in [2.45, 2.75) is 12.8 Å². The molecule has 7 nitrogen and oxygen atoms in total. The van der Waals surface area contributed by atoms with Gasteiger partial charge in [0.05, 0.1) is 21.3 Å². The molecule has 0 spiro atoms. The molecule has 3 aromatic carbocycles. The Bertz CT molecular complexity index is 1060. The van der Waals surface area contributed by atoms with E-state index < -0.39 is 0 Å². The number of hydrogen-bond acceptors (Lipinski definition) is 5. The SMILES string of the molecule is COc1cc(C(=O)Nc2cccc(NC(=O)CCc3ccccc3)c2)cc(OC)c1OC. The maximum atomic E-state index is 12.8. The van der Waals surface area contributed by atoms with Crippen LogP contribution in [0, 0.1) is 0 Å². The molecule has 32 heavy (non-hydrogen) atoms. The fraction of sp³-hybridized carbons (Fsp3) is 0.200. The largest absolute Gasteiger partial charge is 0.493 e. The van der Waals surface area contributed by atoms with Crippen LogP contribution in [0.5, 0.6) is 17.2 Å². The summed E-state index contributed by atoms with van der Waals surface area (Å²) in [5, 5.41) is 5.70. The Hall–Kier alpha value is -4.00. The molecule has 0 radical (unpaired) electrons. The average Bonchev–Trinajstić information content (AvgIpc) is 2.82. The zero-order valence-electron chi connectivity index (χ0n) is 18.3. The lowest BCUT2D eigenvalue weighted by Crippen LogP contribution is -2.14. The third-order valence-electron chi connectivity index (χ3n) is 4.81. The maximum Gasteiger partial charge on any atom is 0.255 e. The van der Waals surface area contributed by atoms with Gasteiger partial charge in [-0.15, -0.1) is 0 Å². The van der Waals surface area contributed by atoms with Crippen LogP contribution in [0.3, 0.4) is 0 Å². The number of aryl methyl sites for hydroxylation is 1. The lowest BCUT2D eigenvalue weighted by Gasteiger charge is -2.14. The first-order valence-corrected chi connectivity index (χ1v) is 10.1. The summed E-state index contributed by atoms with van der Waals surface area (Å²) in [7, 11) is 4.48. The van der Waals surface area contributed by atoms with E-state index in [9.17, 15) is 9.59 Å². The Morgan fingerprint density at radius 2 is 1.38 bits per heavy atom. The number of carbonyl (C=O) groups excluding carboxylic acids is 2. The molecule has 2 N–H and O–H groups in total. The molecule has 166 valence electrons. The predicted molar refractivity (Wildman–Crippen MR) is 124 cm³/mol. The Morgan fingerprint density at radius 3 is 1.97 bits per heavy atom. The molecule has 0 saturated heterocycles. The first kappa shape index (κ1) is 22.7. The van der Waals surface area contributed by atoms with Crippen molar-refractivity contribution in [2.24, 2.45) is 0 Å². The van der Waals surface area contributed by atoms with Crippen LogP contribution in [-0.2, 0) is 11.2 Å². The monoisotopic (exact) mass is 434 g/mol. The van der Waals surface area contributed by atoms with Crippen molar-refractivity contribution >= 4 is 23.2 Å². The van der Waals surface area contributed by atoms with Crippen molar-refractivity contribution in [3.05, 3.63) is 77.9 Å². The van der Waals surface area contributed by atoms with Gasteiger partial charge in [-0.2, -0.15) is 0 Å². The van der Waals surface area contributed by atoms with Crippen LogP contribution in [0.1, 0.15) is 22.3 Å². The first-order valence-electron chi connectivity index (χ1n) is 10.1. The van der Waals surface area contributed by atoms with E-state index in [4.69, 9.17) is 14.2 Å². The number of nitrogens with one attached hydrogen (secondary N) is 2. The number of ether oxygens (including phenoxy) is 3. The van der Waals surface area contributed by atoms with E-state index in [-0.39, 0.29) is 11.8 Å². The fourth-order valence-electron chi connectivity index (χ4n) is 3.22. The van der Waals surface area contributed by atoms with Crippen molar-refractivity contribution < 1.29 is 23.8 Å². The van der Waals surface area contributed by atoms with Crippen LogP contribution in [0.15, 0.2) is 66.7 Å². The zero-order chi connectivity index (χ0) is 22.9. The molecule has 0 atom stereocenters. The molecular weight excluding hydrogens is 408 g/mol. The highest BCUT2D eigenvalue weighted by atomic mass is 16.5. The van der Waals surface area contributed by atoms with Gasteiger partial charge in [0.15, 0.2) is 11.5 Å². The highest BCUT2D eigenvalue weighted by Gasteiger charge is 2.17. The number of hydrogen-bond donors (Lipinski definition) is 2. The van der Waals surface area contributed by atoms with Crippen molar-refractivity contribution in [3.63, 3.8) is 0 Å². The lowest BCUT2D eigenvalue weighted by molar-refractivity contribution is -0.116. The number of amides is 2. The quantitative estimate of drug-likeness (QED) is 0.517. The molecule has 0 unspecified atom stereocenters. The average molecular weight is 434 g/mol. The summed E-state index contributed by atoms with van der Waals surface area (Å²) in [4.78, 5) is 25.1. The number of carbonyl (C=O) groups is 2. The zero-order valence-corrected chi connectivity index (χ0v) is 18.3. The van der Waals surface area contributed by atoms with E-state index >= 15 is 0 Å². The van der Waals surface area contributed by atoms with Crippen LogP contribution < -0.4 is 24.8 Å². The van der Waals surface area contributed by atoms with Crippen LogP contribution in [0.2, 0.25) is 0 Å². The third kappa shape index (κ3) is 5.78. The van der Waals surface area contributed by atoms with Gasteiger partial charge in [-0.25, -0.2) is 0 Å². The second-order valence-electron chi connectivity index (χ2n) is 6.98. The van der Waals surface area contributed by atoms with Gasteiger partial charge in [0, 0.05) is 23.4 Å². The molecular formula is C25H26N2O5. The topological polar surface area (TPSA) is 85.9 Å². The number of methoxy groups -OCH3 is 3. The molecule has 0 bridgehead atoms. The molecule has 0 fully saturated rings. The van der Waals surface area contributed by atoms with Gasteiger partial charge in [0.2, 0.25) is 11.7 Å². The molecule has 0 saturated carbocycles. The molecule has 0 aliphatic heterocycles. The third-order valence-corrected chi connectivity index (χ3v) is 4.81. The molecule has 0 heterocycles. The van der Waals surface area contributed by atoms with Gasteiger partial charge in [-0.05, 0) is 42.3 Å². The maximum absolute atomic E-state index is 12.8. The standard InChI is InChI=1S/C25H26N2O5/c1-30-21-14-18(15-22(31-2)24(21)32-3)25(29)27-20-11-7-10-19(16-20)26-23(28)13-12-17-8-5-4-6-9-17/h4-11,14-16H,12-13H2,1-3H3,(H,26,28)(H,27,29). The van der Waals surface area contributed by atoms with Crippen LogP contribution >= 0.6 is 0 Å². The summed E-state index contributed by atoms with van der Waals surface area (Å²) in [6.45, 7) is 0. The summed E-state index contributed by atoms with van der Waals surface area (Å²) < 4.78 is 15.9. The predicted octanol–water partition coefficient (Wildman–Crippen LogP) is 4.54. The van der Waals surface area contributed by atoms with E-state index in [1.165, 1.54) is 21.3 Å². The summed E-state index contributed by atoms with van der Waals surface area (Å²) in [5.41, 5.74) is 2.60. The molecule has 7 heteroatoms. The van der Waals surface area contributed by atoms with Gasteiger partial charge >= 0.3 is 0 Å². The van der Waals surface area contributed by atoms with Crippen LogP contribution in [-0.4, -0.2) is 33.1 Å². The number of rotatable bonds is 9. The first-order chi connectivity index (χ1) is 15.5. The summed E-state index contributed by atoms with van der Waals surface area (Å²) >= 11 is 0. The summed E-state index contributed by atoms with van der Waals surface area (Å²) in [6, 6.07) is 20.0. The van der Waals surface area contributed by atoms with Gasteiger partial charge < -0.3 is 24.8 Å². The molecule has 3 aromatic rings. The summed E-state index contributed by atoms with van der Waals surface area (Å²) in [5.74, 6) is 0.735. The van der Waals surface area contributed by atoms with E-state index in [0.717, 1.165) is 5.56 Å². The Balaban J connectivity index is 1.66. The van der Waals surface area contributed by atoms with Crippen LogP contribution in [0.4, 0.5) is 11.4 Å². The van der Waals surface area contributed by atoms with Crippen molar-refractivity contribution in [3.8, 4) is 17.2 Å². The lowest BCUT2D eigenvalue weighted by atomic mass is 10.1. The second kappa shape index (κ2) is 10.9. The molecule has 0 aliphatic rings. The van der Waals surface area contributed by atoms with Crippen LogP contribution in [0.25, 0.3) is 0 Å². The van der Waals surface area contributed by atoms with E-state index in [0.29, 0.717) is 47.0 Å². The highest BCUT2D eigenvalue weighted by Crippen LogP contribution is 2.38. The normalized spacial score (nSPS) is 10.2. The van der Waals surface area contributed by atoms with Crippen molar-refractivity contribution in [1.29, 1.82) is 0 Å². The van der Waals surface area contributed by atoms with Gasteiger partial charge in [-0.3, -0.25) is 9.59 Å². The van der Waals surface area contributed by atoms with E-state index in [1.807, 2.05) is 30.3 Å². The van der Waals surface area contributed by atoms with Crippen molar-refractivity contribution in [1.82, 2.24) is 0 Å². The fourth-order valence-corrected chi connectivity index (χ4v) is 3.22. The molecule has 2 amide bonds. The van der Waals surface area contributed by atoms with E-state index in [1.54, 1.807) is 36.4 Å². The molecule has 0 aromatic heterocycles. The number of anilines is 2. The summed E-state index contributed by atoms with van der Waals surface area (Å²) in [6.07, 6.45) is 1.02.